The van der Waals surface area contributed by atoms with Gasteiger partial charge in [0.15, 0.2) is 0 Å². The lowest BCUT2D eigenvalue weighted by atomic mass is 10.1. The van der Waals surface area contributed by atoms with Crippen LogP contribution in [0.25, 0.3) is 0 Å². The number of carbonyl (C=O) groups excluding carboxylic acids is 1. The molecule has 2 heterocycles. The van der Waals surface area contributed by atoms with Gasteiger partial charge in [0, 0.05) is 11.9 Å². The molecule has 0 fully saturated rings. The number of nitrogens with zero attached hydrogens (tertiary/aromatic N) is 3. The number of aliphatic hydroxyl groups excluding tert-OH is 1. The van der Waals surface area contributed by atoms with Gasteiger partial charge in [0.25, 0.3) is 5.91 Å². The van der Waals surface area contributed by atoms with Gasteiger partial charge in [-0.2, -0.15) is 5.10 Å². The highest BCUT2D eigenvalue weighted by Crippen LogP contribution is 2.20. The lowest BCUT2D eigenvalue weighted by Gasteiger charge is -2.17. The van der Waals surface area contributed by atoms with Crippen LogP contribution in [0.4, 0.5) is 0 Å². The fraction of sp³-hybridized carbons (Fsp3) is 0.471. The summed E-state index contributed by atoms with van der Waals surface area (Å²) in [6.45, 7) is 5.91. The van der Waals surface area contributed by atoms with Gasteiger partial charge in [-0.1, -0.05) is 19.9 Å². The highest BCUT2D eigenvalue weighted by Gasteiger charge is 2.21. The molecule has 2 aromatic heterocycles. The molecular weight excluding hydrogens is 292 g/mol. The monoisotopic (exact) mass is 316 g/mol. The van der Waals surface area contributed by atoms with E-state index in [1.54, 1.807) is 24.5 Å². The Kier molecular flexibility index (Phi) is 5.87. The molecule has 0 spiro atoms. The fourth-order valence-corrected chi connectivity index (χ4v) is 2.68. The molecule has 0 aliphatic rings. The van der Waals surface area contributed by atoms with Crippen molar-refractivity contribution in [3.8, 4) is 0 Å². The number of hydrogen-bond donors (Lipinski definition) is 2. The smallest absolute Gasteiger partial charge is 0.255 e. The Morgan fingerprint density at radius 1 is 1.35 bits per heavy atom. The third kappa shape index (κ3) is 3.76. The van der Waals surface area contributed by atoms with Crippen LogP contribution in [0.1, 0.15) is 60.5 Å². The Balaban J connectivity index is 2.17. The van der Waals surface area contributed by atoms with Crippen LogP contribution in [0.15, 0.2) is 30.6 Å². The van der Waals surface area contributed by atoms with E-state index in [-0.39, 0.29) is 12.5 Å². The van der Waals surface area contributed by atoms with E-state index in [2.05, 4.69) is 29.2 Å². The zero-order valence-corrected chi connectivity index (χ0v) is 13.9. The second-order valence-corrected chi connectivity index (χ2v) is 5.52. The molecule has 1 amide bonds. The van der Waals surface area contributed by atoms with Crippen LogP contribution >= 0.6 is 0 Å². The van der Waals surface area contributed by atoms with Crippen molar-refractivity contribution in [3.05, 3.63) is 47.5 Å². The van der Waals surface area contributed by atoms with Crippen LogP contribution in [-0.2, 0) is 0 Å². The van der Waals surface area contributed by atoms with Crippen molar-refractivity contribution in [1.29, 1.82) is 0 Å². The minimum atomic E-state index is -0.528. The SMILES string of the molecule is CCC(CC)n1ncc(C(=O)NC(CO)c2ccccn2)c1C. The molecule has 0 radical (unpaired) electrons. The van der Waals surface area contributed by atoms with E-state index >= 15 is 0 Å². The molecule has 0 saturated heterocycles. The van der Waals surface area contributed by atoms with E-state index in [0.29, 0.717) is 17.3 Å². The molecule has 1 unspecified atom stereocenters. The number of carbonyl (C=O) groups is 1. The van der Waals surface area contributed by atoms with Gasteiger partial charge in [-0.15, -0.1) is 0 Å². The van der Waals surface area contributed by atoms with E-state index in [9.17, 15) is 9.90 Å². The van der Waals surface area contributed by atoms with Gasteiger partial charge in [0.2, 0.25) is 0 Å². The molecule has 2 N–H and O–H groups in total. The Bertz CT molecular complexity index is 635. The zero-order chi connectivity index (χ0) is 16.8. The second-order valence-electron chi connectivity index (χ2n) is 5.52. The van der Waals surface area contributed by atoms with E-state index in [0.717, 1.165) is 18.5 Å². The molecule has 124 valence electrons. The minimum Gasteiger partial charge on any atom is -0.394 e. The van der Waals surface area contributed by atoms with Gasteiger partial charge < -0.3 is 10.4 Å². The first kappa shape index (κ1) is 17.1. The van der Waals surface area contributed by atoms with Gasteiger partial charge in [0.05, 0.1) is 36.1 Å². The third-order valence-electron chi connectivity index (χ3n) is 4.11. The predicted molar refractivity (Wildman–Crippen MR) is 88.1 cm³/mol. The number of nitrogens with one attached hydrogen (secondary N) is 1. The summed E-state index contributed by atoms with van der Waals surface area (Å²) in [4.78, 5) is 16.7. The predicted octanol–water partition coefficient (Wildman–Crippen LogP) is 2.41. The van der Waals surface area contributed by atoms with Crippen molar-refractivity contribution in [3.63, 3.8) is 0 Å². The number of rotatable bonds is 7. The van der Waals surface area contributed by atoms with Crippen LogP contribution in [0.3, 0.4) is 0 Å². The second kappa shape index (κ2) is 7.87. The van der Waals surface area contributed by atoms with Crippen molar-refractivity contribution in [2.45, 2.75) is 45.7 Å². The fourth-order valence-electron chi connectivity index (χ4n) is 2.68. The van der Waals surface area contributed by atoms with Crippen molar-refractivity contribution in [2.75, 3.05) is 6.61 Å². The number of aromatic nitrogens is 3. The Morgan fingerprint density at radius 3 is 2.65 bits per heavy atom. The average Bonchev–Trinajstić information content (AvgIpc) is 2.96. The first-order valence-corrected chi connectivity index (χ1v) is 7.99. The molecule has 0 aliphatic heterocycles. The molecular formula is C17H24N4O2. The topological polar surface area (TPSA) is 80.0 Å². The van der Waals surface area contributed by atoms with Crippen molar-refractivity contribution < 1.29 is 9.90 Å². The van der Waals surface area contributed by atoms with Crippen molar-refractivity contribution in [1.82, 2.24) is 20.1 Å². The summed E-state index contributed by atoms with van der Waals surface area (Å²) in [6.07, 6.45) is 5.16. The molecule has 23 heavy (non-hydrogen) atoms. The van der Waals surface area contributed by atoms with Crippen LogP contribution in [0.2, 0.25) is 0 Å². The largest absolute Gasteiger partial charge is 0.394 e. The number of aliphatic hydroxyl groups is 1. The number of amides is 1. The molecule has 0 bridgehead atoms. The first-order valence-electron chi connectivity index (χ1n) is 7.99. The quantitative estimate of drug-likeness (QED) is 0.822. The summed E-state index contributed by atoms with van der Waals surface area (Å²) in [5.41, 5.74) is 2.01. The molecule has 2 aromatic rings. The summed E-state index contributed by atoms with van der Waals surface area (Å²) in [6, 6.07) is 5.17. The standard InChI is InChI=1S/C17H24N4O2/c1-4-13(5-2)21-12(3)14(10-19-21)17(23)20-16(11-22)15-8-6-7-9-18-15/h6-10,13,16,22H,4-5,11H2,1-3H3,(H,20,23). The summed E-state index contributed by atoms with van der Waals surface area (Å²) in [7, 11) is 0. The van der Waals surface area contributed by atoms with Crippen molar-refractivity contribution in [2.24, 2.45) is 0 Å². The van der Waals surface area contributed by atoms with Crippen LogP contribution in [0, 0.1) is 6.92 Å². The third-order valence-corrected chi connectivity index (χ3v) is 4.11. The highest BCUT2D eigenvalue weighted by molar-refractivity contribution is 5.95. The molecule has 0 aliphatic carbocycles. The van der Waals surface area contributed by atoms with Gasteiger partial charge >= 0.3 is 0 Å². The average molecular weight is 316 g/mol. The molecule has 1 atom stereocenters. The summed E-state index contributed by atoms with van der Waals surface area (Å²) >= 11 is 0. The summed E-state index contributed by atoms with van der Waals surface area (Å²) < 4.78 is 1.91. The Labute approximate surface area is 136 Å². The first-order chi connectivity index (χ1) is 11.1. The summed E-state index contributed by atoms with van der Waals surface area (Å²) in [5.74, 6) is -0.246. The van der Waals surface area contributed by atoms with Crippen LogP contribution < -0.4 is 5.32 Å². The molecule has 2 rings (SSSR count). The minimum absolute atomic E-state index is 0.206. The molecule has 6 nitrogen and oxygen atoms in total. The van der Waals surface area contributed by atoms with Gasteiger partial charge in [-0.3, -0.25) is 14.5 Å². The van der Waals surface area contributed by atoms with Crippen molar-refractivity contribution >= 4 is 5.91 Å². The van der Waals surface area contributed by atoms with Crippen LogP contribution in [-0.4, -0.2) is 32.4 Å². The van der Waals surface area contributed by atoms with Gasteiger partial charge in [-0.05, 0) is 31.9 Å². The highest BCUT2D eigenvalue weighted by atomic mass is 16.3. The van der Waals surface area contributed by atoms with Crippen LogP contribution in [0.5, 0.6) is 0 Å². The van der Waals surface area contributed by atoms with Gasteiger partial charge in [0.1, 0.15) is 0 Å². The van der Waals surface area contributed by atoms with E-state index in [4.69, 9.17) is 0 Å². The Hall–Kier alpha value is -2.21. The maximum absolute atomic E-state index is 12.5. The maximum Gasteiger partial charge on any atom is 0.255 e. The van der Waals surface area contributed by atoms with E-state index in [1.165, 1.54) is 0 Å². The summed E-state index contributed by atoms with van der Waals surface area (Å²) in [5, 5.41) is 16.7. The zero-order valence-electron chi connectivity index (χ0n) is 13.9. The van der Waals surface area contributed by atoms with E-state index < -0.39 is 6.04 Å². The molecule has 6 heteroatoms. The lowest BCUT2D eigenvalue weighted by Crippen LogP contribution is -2.31. The van der Waals surface area contributed by atoms with E-state index in [1.807, 2.05) is 17.7 Å². The molecule has 0 saturated carbocycles. The number of pyridine rings is 1. The lowest BCUT2D eigenvalue weighted by molar-refractivity contribution is 0.0914. The normalized spacial score (nSPS) is 12.4. The Morgan fingerprint density at radius 2 is 2.09 bits per heavy atom. The molecule has 0 aromatic carbocycles. The number of hydrogen-bond acceptors (Lipinski definition) is 4. The van der Waals surface area contributed by atoms with Gasteiger partial charge in [-0.25, -0.2) is 0 Å². The maximum atomic E-state index is 12.5.